The predicted molar refractivity (Wildman–Crippen MR) is 79.0 cm³/mol. The van der Waals surface area contributed by atoms with Crippen molar-refractivity contribution < 1.29 is 8.42 Å². The Bertz CT molecular complexity index is 889. The van der Waals surface area contributed by atoms with Gasteiger partial charge < -0.3 is 5.73 Å². The van der Waals surface area contributed by atoms with Crippen LogP contribution in [-0.4, -0.2) is 23.4 Å². The highest BCUT2D eigenvalue weighted by atomic mass is 32.2. The molecule has 0 saturated carbocycles. The van der Waals surface area contributed by atoms with Gasteiger partial charge in [0.2, 0.25) is 5.95 Å². The molecule has 0 unspecified atom stereocenters. The van der Waals surface area contributed by atoms with Gasteiger partial charge in [-0.1, -0.05) is 12.1 Å². The number of benzene rings is 1. The maximum atomic E-state index is 12.3. The topological polar surface area (TPSA) is 111 Å². The molecule has 3 N–H and O–H groups in total. The number of nitrogens with one attached hydrogen (secondary N) is 1. The summed E-state index contributed by atoms with van der Waals surface area (Å²) in [7, 11) is -3.77. The summed E-state index contributed by atoms with van der Waals surface area (Å²) < 4.78 is 27.1. The van der Waals surface area contributed by atoms with Gasteiger partial charge in [0.05, 0.1) is 18.1 Å². The standard InChI is InChI=1S/C13H11N5O2S/c14-13-16-7-10(8-17-13)21(19,20)18-12-3-1-2-9-6-15-5-4-11(9)12/h1-8,18H,(H2,14,16,17). The zero-order valence-corrected chi connectivity index (χ0v) is 11.6. The van der Waals surface area contributed by atoms with Crippen LogP contribution < -0.4 is 10.5 Å². The van der Waals surface area contributed by atoms with Crippen LogP contribution in [0.3, 0.4) is 0 Å². The second-order valence-corrected chi connectivity index (χ2v) is 5.97. The number of fused-ring (bicyclic) bond motifs is 1. The van der Waals surface area contributed by atoms with Crippen molar-refractivity contribution in [2.24, 2.45) is 0 Å². The molecule has 7 nitrogen and oxygen atoms in total. The molecule has 3 rings (SSSR count). The second kappa shape index (κ2) is 4.98. The molecule has 106 valence electrons. The Labute approximate surface area is 120 Å². The van der Waals surface area contributed by atoms with E-state index in [0.29, 0.717) is 5.69 Å². The third kappa shape index (κ3) is 2.61. The summed E-state index contributed by atoms with van der Waals surface area (Å²) in [6, 6.07) is 7.03. The molecular weight excluding hydrogens is 290 g/mol. The minimum absolute atomic E-state index is 0.0187. The summed E-state index contributed by atoms with van der Waals surface area (Å²) in [5.41, 5.74) is 5.82. The van der Waals surface area contributed by atoms with Gasteiger partial charge in [-0.15, -0.1) is 0 Å². The van der Waals surface area contributed by atoms with Crippen LogP contribution in [0.15, 0.2) is 53.9 Å². The van der Waals surface area contributed by atoms with Crippen LogP contribution in [0.2, 0.25) is 0 Å². The fourth-order valence-electron chi connectivity index (χ4n) is 1.88. The van der Waals surface area contributed by atoms with Crippen molar-refractivity contribution in [1.82, 2.24) is 15.0 Å². The van der Waals surface area contributed by atoms with Gasteiger partial charge in [-0.3, -0.25) is 9.71 Å². The van der Waals surface area contributed by atoms with Gasteiger partial charge in [0.15, 0.2) is 0 Å². The summed E-state index contributed by atoms with van der Waals surface area (Å²) in [4.78, 5) is 11.3. The molecule has 2 aromatic heterocycles. The molecule has 0 aliphatic rings. The number of aromatic nitrogens is 3. The Balaban J connectivity index is 2.03. The lowest BCUT2D eigenvalue weighted by Crippen LogP contribution is -2.14. The van der Waals surface area contributed by atoms with Crippen LogP contribution in [0, 0.1) is 0 Å². The molecule has 2 heterocycles. The second-order valence-electron chi connectivity index (χ2n) is 4.28. The fourth-order valence-corrected chi connectivity index (χ4v) is 2.85. The third-order valence-corrected chi connectivity index (χ3v) is 4.20. The number of nitrogens with two attached hydrogens (primary N) is 1. The molecule has 0 radical (unpaired) electrons. The third-order valence-electron chi connectivity index (χ3n) is 2.88. The number of anilines is 2. The van der Waals surface area contributed by atoms with Gasteiger partial charge in [0.1, 0.15) is 4.90 Å². The molecule has 0 aliphatic carbocycles. The summed E-state index contributed by atoms with van der Waals surface area (Å²) in [5, 5.41) is 1.60. The van der Waals surface area contributed by atoms with E-state index in [1.165, 1.54) is 0 Å². The van der Waals surface area contributed by atoms with Crippen molar-refractivity contribution in [2.75, 3.05) is 10.5 Å². The number of hydrogen-bond donors (Lipinski definition) is 2. The van der Waals surface area contributed by atoms with Crippen LogP contribution in [0.4, 0.5) is 11.6 Å². The van der Waals surface area contributed by atoms with E-state index >= 15 is 0 Å². The Morgan fingerprint density at radius 3 is 2.57 bits per heavy atom. The number of pyridine rings is 1. The lowest BCUT2D eigenvalue weighted by molar-refractivity contribution is 0.600. The van der Waals surface area contributed by atoms with Gasteiger partial charge in [0, 0.05) is 23.2 Å². The summed E-state index contributed by atoms with van der Waals surface area (Å²) >= 11 is 0. The quantitative estimate of drug-likeness (QED) is 0.756. The SMILES string of the molecule is Nc1ncc(S(=O)(=O)Nc2cccc3cnccc23)cn1. The van der Waals surface area contributed by atoms with E-state index in [2.05, 4.69) is 19.7 Å². The molecule has 0 spiro atoms. The number of hydrogen-bond acceptors (Lipinski definition) is 6. The largest absolute Gasteiger partial charge is 0.368 e. The Hall–Kier alpha value is -2.74. The summed E-state index contributed by atoms with van der Waals surface area (Å²) in [6.07, 6.45) is 5.60. The smallest absolute Gasteiger partial charge is 0.264 e. The first kappa shape index (κ1) is 13.3. The zero-order chi connectivity index (χ0) is 14.9. The molecule has 0 amide bonds. The van der Waals surface area contributed by atoms with Crippen LogP contribution in [0.5, 0.6) is 0 Å². The van der Waals surface area contributed by atoms with Gasteiger partial charge in [-0.05, 0) is 12.1 Å². The van der Waals surface area contributed by atoms with Crippen LogP contribution in [-0.2, 0) is 10.0 Å². The average Bonchev–Trinajstić information content (AvgIpc) is 2.48. The number of nitrogen functional groups attached to an aromatic ring is 1. The van der Waals surface area contributed by atoms with Crippen LogP contribution in [0.25, 0.3) is 10.8 Å². The molecule has 1 aromatic carbocycles. The van der Waals surface area contributed by atoms with Crippen molar-refractivity contribution in [2.45, 2.75) is 4.90 Å². The molecule has 0 aliphatic heterocycles. The highest BCUT2D eigenvalue weighted by Crippen LogP contribution is 2.24. The van der Waals surface area contributed by atoms with E-state index < -0.39 is 10.0 Å². The molecule has 0 atom stereocenters. The Morgan fingerprint density at radius 2 is 1.81 bits per heavy atom. The first-order chi connectivity index (χ1) is 10.1. The van der Waals surface area contributed by atoms with Crippen molar-refractivity contribution in [3.05, 3.63) is 49.1 Å². The number of sulfonamides is 1. The van der Waals surface area contributed by atoms with Crippen molar-refractivity contribution in [3.8, 4) is 0 Å². The van der Waals surface area contributed by atoms with E-state index in [9.17, 15) is 8.42 Å². The molecule has 3 aromatic rings. The van der Waals surface area contributed by atoms with E-state index in [0.717, 1.165) is 23.2 Å². The van der Waals surface area contributed by atoms with E-state index in [4.69, 9.17) is 5.73 Å². The molecule has 8 heteroatoms. The summed E-state index contributed by atoms with van der Waals surface area (Å²) in [6.45, 7) is 0. The fraction of sp³-hybridized carbons (Fsp3) is 0. The van der Waals surface area contributed by atoms with Gasteiger partial charge in [0.25, 0.3) is 10.0 Å². The van der Waals surface area contributed by atoms with Gasteiger partial charge in [-0.2, -0.15) is 0 Å². The zero-order valence-electron chi connectivity index (χ0n) is 10.8. The number of rotatable bonds is 3. The highest BCUT2D eigenvalue weighted by molar-refractivity contribution is 7.92. The maximum Gasteiger partial charge on any atom is 0.264 e. The highest BCUT2D eigenvalue weighted by Gasteiger charge is 2.16. The minimum Gasteiger partial charge on any atom is -0.368 e. The summed E-state index contributed by atoms with van der Waals surface area (Å²) in [5.74, 6) is 0.0187. The monoisotopic (exact) mass is 301 g/mol. The van der Waals surface area contributed by atoms with E-state index in [-0.39, 0.29) is 10.8 Å². The van der Waals surface area contributed by atoms with Gasteiger partial charge >= 0.3 is 0 Å². The first-order valence-corrected chi connectivity index (χ1v) is 7.48. The normalized spacial score (nSPS) is 11.4. The molecule has 0 fully saturated rings. The Morgan fingerprint density at radius 1 is 1.05 bits per heavy atom. The number of nitrogens with zero attached hydrogens (tertiary/aromatic N) is 3. The molecular formula is C13H11N5O2S. The van der Waals surface area contributed by atoms with E-state index in [1.807, 2.05) is 6.07 Å². The predicted octanol–water partition coefficient (Wildman–Crippen LogP) is 1.41. The van der Waals surface area contributed by atoms with Crippen LogP contribution >= 0.6 is 0 Å². The molecule has 0 bridgehead atoms. The van der Waals surface area contributed by atoms with Crippen molar-refractivity contribution in [1.29, 1.82) is 0 Å². The van der Waals surface area contributed by atoms with Crippen molar-refractivity contribution >= 4 is 32.4 Å². The maximum absolute atomic E-state index is 12.3. The van der Waals surface area contributed by atoms with Gasteiger partial charge in [-0.25, -0.2) is 18.4 Å². The average molecular weight is 301 g/mol. The lowest BCUT2D eigenvalue weighted by atomic mass is 10.1. The molecule has 21 heavy (non-hydrogen) atoms. The Kier molecular flexibility index (Phi) is 3.15. The first-order valence-electron chi connectivity index (χ1n) is 5.99. The van der Waals surface area contributed by atoms with E-state index in [1.54, 1.807) is 30.6 Å². The van der Waals surface area contributed by atoms with Crippen molar-refractivity contribution in [3.63, 3.8) is 0 Å². The van der Waals surface area contributed by atoms with Crippen LogP contribution in [0.1, 0.15) is 0 Å². The minimum atomic E-state index is -3.77. The lowest BCUT2D eigenvalue weighted by Gasteiger charge is -2.10. The molecule has 0 saturated heterocycles.